The van der Waals surface area contributed by atoms with Crippen LogP contribution >= 0.6 is 0 Å². The number of rotatable bonds is 6. The molecule has 1 fully saturated rings. The number of benzene rings is 1. The highest BCUT2D eigenvalue weighted by atomic mass is 16.2. The Labute approximate surface area is 145 Å². The summed E-state index contributed by atoms with van der Waals surface area (Å²) in [5, 5.41) is 5.38. The van der Waals surface area contributed by atoms with Crippen LogP contribution in [0.25, 0.3) is 0 Å². The maximum atomic E-state index is 12.4. The summed E-state index contributed by atoms with van der Waals surface area (Å²) in [5.41, 5.74) is 1.28. The number of hydrogen-bond donors (Lipinski definition) is 2. The summed E-state index contributed by atoms with van der Waals surface area (Å²) in [5.74, 6) is -0.528. The van der Waals surface area contributed by atoms with E-state index in [4.69, 9.17) is 0 Å². The molecule has 1 aromatic carbocycles. The maximum absolute atomic E-state index is 12.4. The van der Waals surface area contributed by atoms with Gasteiger partial charge in [-0.05, 0) is 30.7 Å². The molecule has 1 aliphatic heterocycles. The van der Waals surface area contributed by atoms with Gasteiger partial charge in [0.05, 0.1) is 17.9 Å². The van der Waals surface area contributed by atoms with Crippen LogP contribution in [0.2, 0.25) is 0 Å². The molecular weight excluding hydrogens is 320 g/mol. The Morgan fingerprint density at radius 1 is 1.12 bits per heavy atom. The lowest BCUT2D eigenvalue weighted by Gasteiger charge is -2.12. The van der Waals surface area contributed by atoms with Gasteiger partial charge in [0.1, 0.15) is 6.04 Å². The molecule has 7 nitrogen and oxygen atoms in total. The Morgan fingerprint density at radius 2 is 1.88 bits per heavy atom. The summed E-state index contributed by atoms with van der Waals surface area (Å²) < 4.78 is 0. The number of nitrogens with one attached hydrogen (secondary N) is 2. The van der Waals surface area contributed by atoms with Gasteiger partial charge < -0.3 is 10.6 Å². The number of anilines is 1. The normalized spacial score (nSPS) is 16.6. The summed E-state index contributed by atoms with van der Waals surface area (Å²) in [6.07, 6.45) is 2.06. The molecule has 2 N–H and O–H groups in total. The Kier molecular flexibility index (Phi) is 5.03. The zero-order valence-electron chi connectivity index (χ0n) is 13.5. The van der Waals surface area contributed by atoms with Crippen LogP contribution in [-0.2, 0) is 16.1 Å². The zero-order chi connectivity index (χ0) is 17.6. The first-order valence-corrected chi connectivity index (χ1v) is 8.01. The molecule has 1 atom stereocenters. The number of carbonyl (C=O) groups excluding carboxylic acids is 3. The lowest BCUT2D eigenvalue weighted by molar-refractivity contribution is -0.122. The van der Waals surface area contributed by atoms with Gasteiger partial charge in [-0.3, -0.25) is 14.6 Å². The molecule has 2 aromatic rings. The molecular formula is C18H18N4O3. The highest BCUT2D eigenvalue weighted by Gasteiger charge is 2.38. The molecule has 0 spiro atoms. The number of carbonyl (C=O) groups is 3. The van der Waals surface area contributed by atoms with Crippen molar-refractivity contribution in [1.82, 2.24) is 15.6 Å². The monoisotopic (exact) mass is 338 g/mol. The van der Waals surface area contributed by atoms with Crippen LogP contribution in [-0.4, -0.2) is 28.9 Å². The van der Waals surface area contributed by atoms with Gasteiger partial charge in [-0.25, -0.2) is 9.69 Å². The van der Waals surface area contributed by atoms with Crippen LogP contribution in [0.5, 0.6) is 0 Å². The molecule has 25 heavy (non-hydrogen) atoms. The minimum absolute atomic E-state index is 0.145. The third-order valence-electron chi connectivity index (χ3n) is 3.89. The van der Waals surface area contributed by atoms with E-state index in [2.05, 4.69) is 15.6 Å². The number of nitrogens with zero attached hydrogens (tertiary/aromatic N) is 2. The number of urea groups is 1. The van der Waals surface area contributed by atoms with Crippen molar-refractivity contribution in [3.63, 3.8) is 0 Å². The first-order valence-electron chi connectivity index (χ1n) is 8.01. The minimum Gasteiger partial charge on any atom is -0.350 e. The van der Waals surface area contributed by atoms with Crippen molar-refractivity contribution < 1.29 is 14.4 Å². The standard InChI is InChI=1S/C18H18N4O3/c23-16(20-12-13-6-4-5-11-19-13)10-9-15-17(24)22(18(25)21-15)14-7-2-1-3-8-14/h1-8,11,15H,9-10,12H2,(H,20,23)(H,21,25). The number of para-hydroxylation sites is 1. The van der Waals surface area contributed by atoms with E-state index < -0.39 is 12.1 Å². The molecule has 1 aliphatic rings. The van der Waals surface area contributed by atoms with Crippen molar-refractivity contribution in [2.75, 3.05) is 4.90 Å². The fourth-order valence-corrected chi connectivity index (χ4v) is 2.60. The summed E-state index contributed by atoms with van der Waals surface area (Å²) in [6.45, 7) is 0.334. The van der Waals surface area contributed by atoms with Crippen LogP contribution in [0.4, 0.5) is 10.5 Å². The molecule has 2 heterocycles. The Morgan fingerprint density at radius 3 is 2.60 bits per heavy atom. The van der Waals surface area contributed by atoms with Crippen molar-refractivity contribution in [2.45, 2.75) is 25.4 Å². The molecule has 0 aliphatic carbocycles. The third-order valence-corrected chi connectivity index (χ3v) is 3.89. The van der Waals surface area contributed by atoms with E-state index in [0.717, 1.165) is 10.6 Å². The number of hydrogen-bond acceptors (Lipinski definition) is 4. The van der Waals surface area contributed by atoms with Gasteiger partial charge in [-0.1, -0.05) is 24.3 Å². The minimum atomic E-state index is -0.687. The first kappa shape index (κ1) is 16.6. The summed E-state index contributed by atoms with van der Waals surface area (Å²) in [6, 6.07) is 13.0. The van der Waals surface area contributed by atoms with Crippen LogP contribution in [0.1, 0.15) is 18.5 Å². The summed E-state index contributed by atoms with van der Waals surface area (Å²) in [7, 11) is 0. The number of amides is 4. The van der Waals surface area contributed by atoms with Crippen molar-refractivity contribution in [3.05, 3.63) is 60.4 Å². The number of imide groups is 1. The van der Waals surface area contributed by atoms with Gasteiger partial charge in [-0.15, -0.1) is 0 Å². The average Bonchev–Trinajstić information content (AvgIpc) is 2.93. The summed E-state index contributed by atoms with van der Waals surface area (Å²) >= 11 is 0. The highest BCUT2D eigenvalue weighted by molar-refractivity contribution is 6.21. The fourth-order valence-electron chi connectivity index (χ4n) is 2.60. The molecule has 4 amide bonds. The van der Waals surface area contributed by atoms with Crippen LogP contribution in [0.3, 0.4) is 0 Å². The molecule has 7 heteroatoms. The Balaban J connectivity index is 1.51. The fraction of sp³-hybridized carbons (Fsp3) is 0.222. The van der Waals surface area contributed by atoms with E-state index in [1.54, 1.807) is 36.5 Å². The van der Waals surface area contributed by atoms with Crippen molar-refractivity contribution in [1.29, 1.82) is 0 Å². The SMILES string of the molecule is O=C(CCC1NC(=O)N(c2ccccc2)C1=O)NCc1ccccn1. The predicted octanol–water partition coefficient (Wildman–Crippen LogP) is 1.60. The molecule has 128 valence electrons. The molecule has 1 unspecified atom stereocenters. The van der Waals surface area contributed by atoms with Gasteiger partial charge >= 0.3 is 6.03 Å². The number of pyridine rings is 1. The van der Waals surface area contributed by atoms with E-state index in [-0.39, 0.29) is 24.7 Å². The first-order chi connectivity index (χ1) is 12.1. The topological polar surface area (TPSA) is 91.4 Å². The van der Waals surface area contributed by atoms with E-state index in [1.165, 1.54) is 0 Å². The van der Waals surface area contributed by atoms with Crippen LogP contribution in [0, 0.1) is 0 Å². The largest absolute Gasteiger partial charge is 0.350 e. The molecule has 0 saturated carbocycles. The third kappa shape index (κ3) is 4.00. The zero-order valence-corrected chi connectivity index (χ0v) is 13.5. The maximum Gasteiger partial charge on any atom is 0.329 e. The summed E-state index contributed by atoms with van der Waals surface area (Å²) in [4.78, 5) is 41.6. The van der Waals surface area contributed by atoms with E-state index >= 15 is 0 Å². The number of aromatic nitrogens is 1. The van der Waals surface area contributed by atoms with E-state index in [1.807, 2.05) is 18.2 Å². The van der Waals surface area contributed by atoms with Crippen molar-refractivity contribution in [2.24, 2.45) is 0 Å². The Bertz CT molecular complexity index is 764. The molecule has 0 radical (unpaired) electrons. The van der Waals surface area contributed by atoms with Crippen molar-refractivity contribution in [3.8, 4) is 0 Å². The van der Waals surface area contributed by atoms with Gasteiger partial charge in [0, 0.05) is 12.6 Å². The van der Waals surface area contributed by atoms with Crippen molar-refractivity contribution >= 4 is 23.5 Å². The molecule has 3 rings (SSSR count). The predicted molar refractivity (Wildman–Crippen MR) is 91.6 cm³/mol. The average molecular weight is 338 g/mol. The van der Waals surface area contributed by atoms with Crippen LogP contribution < -0.4 is 15.5 Å². The molecule has 0 bridgehead atoms. The van der Waals surface area contributed by atoms with Gasteiger partial charge in [0.25, 0.3) is 5.91 Å². The second kappa shape index (κ2) is 7.57. The van der Waals surface area contributed by atoms with Crippen LogP contribution in [0.15, 0.2) is 54.7 Å². The lowest BCUT2D eigenvalue weighted by atomic mass is 10.1. The second-order valence-electron chi connectivity index (χ2n) is 5.65. The van der Waals surface area contributed by atoms with E-state index in [9.17, 15) is 14.4 Å². The van der Waals surface area contributed by atoms with Gasteiger partial charge in [-0.2, -0.15) is 0 Å². The van der Waals surface area contributed by atoms with E-state index in [0.29, 0.717) is 12.2 Å². The molecule has 1 aromatic heterocycles. The Hall–Kier alpha value is -3.22. The molecule has 1 saturated heterocycles. The second-order valence-corrected chi connectivity index (χ2v) is 5.65. The highest BCUT2D eigenvalue weighted by Crippen LogP contribution is 2.20. The van der Waals surface area contributed by atoms with Gasteiger partial charge in [0.15, 0.2) is 0 Å². The quantitative estimate of drug-likeness (QED) is 0.783. The van der Waals surface area contributed by atoms with Gasteiger partial charge in [0.2, 0.25) is 5.91 Å². The smallest absolute Gasteiger partial charge is 0.329 e. The lowest BCUT2D eigenvalue weighted by Crippen LogP contribution is -2.32.